The van der Waals surface area contributed by atoms with Crippen molar-refractivity contribution in [1.29, 1.82) is 0 Å². The Labute approximate surface area is 231 Å². The molecule has 1 amide bonds. The van der Waals surface area contributed by atoms with E-state index in [1.807, 2.05) is 36.3 Å². The van der Waals surface area contributed by atoms with Crippen molar-refractivity contribution in [3.63, 3.8) is 0 Å². The van der Waals surface area contributed by atoms with Crippen molar-refractivity contribution in [1.82, 2.24) is 14.4 Å². The van der Waals surface area contributed by atoms with Crippen LogP contribution < -0.4 is 14.2 Å². The zero-order chi connectivity index (χ0) is 27.9. The third-order valence-corrected chi connectivity index (χ3v) is 8.14. The molecule has 3 heterocycles. The van der Waals surface area contributed by atoms with Gasteiger partial charge in [0.25, 0.3) is 0 Å². The van der Waals surface area contributed by atoms with Crippen molar-refractivity contribution in [2.75, 3.05) is 40.1 Å². The van der Waals surface area contributed by atoms with Gasteiger partial charge in [0.2, 0.25) is 18.4 Å². The van der Waals surface area contributed by atoms with E-state index < -0.39 is 11.9 Å². The number of hydrogen-bond donors (Lipinski definition) is 1. The summed E-state index contributed by atoms with van der Waals surface area (Å²) >= 11 is 0. The highest BCUT2D eigenvalue weighted by atomic mass is 16.7. The average molecular weight is 542 g/mol. The zero-order valence-corrected chi connectivity index (χ0v) is 23.7. The van der Waals surface area contributed by atoms with Gasteiger partial charge in [0, 0.05) is 50.5 Å². The number of carbonyl (C=O) groups excluding carboxylic acids is 1. The molecule has 0 bridgehead atoms. The molecule has 4 rings (SSSR count). The van der Waals surface area contributed by atoms with E-state index in [0.29, 0.717) is 30.2 Å². The molecule has 3 atom stereocenters. The number of hydrogen-bond acceptors (Lipinski definition) is 6. The van der Waals surface area contributed by atoms with E-state index in [2.05, 4.69) is 29.4 Å². The van der Waals surface area contributed by atoms with Gasteiger partial charge in [0.1, 0.15) is 0 Å². The lowest BCUT2D eigenvalue weighted by atomic mass is 9.83. The van der Waals surface area contributed by atoms with Gasteiger partial charge >= 0.3 is 5.97 Å². The van der Waals surface area contributed by atoms with Gasteiger partial charge in [-0.2, -0.15) is 0 Å². The van der Waals surface area contributed by atoms with Crippen LogP contribution in [0.2, 0.25) is 0 Å². The molecule has 2 aromatic rings. The van der Waals surface area contributed by atoms with Gasteiger partial charge < -0.3 is 28.8 Å². The molecule has 0 unspecified atom stereocenters. The first-order valence-corrected chi connectivity index (χ1v) is 14.2. The SMILES string of the molecule is CCCCN(CCCC)C(=O)CN1C[C@H](c2cc(OC)c3c(c2)OCO3)[C@@H](C(=O)O)[C@@H]1CCc1cccn1C. The number of likely N-dealkylation sites (tertiary alicyclic amines) is 1. The Balaban J connectivity index is 1.64. The maximum Gasteiger partial charge on any atom is 0.308 e. The van der Waals surface area contributed by atoms with Crippen molar-refractivity contribution < 1.29 is 28.9 Å². The highest BCUT2D eigenvalue weighted by Crippen LogP contribution is 2.47. The molecule has 9 heteroatoms. The molecule has 0 saturated carbocycles. The van der Waals surface area contributed by atoms with E-state index in [-0.39, 0.29) is 31.2 Å². The van der Waals surface area contributed by atoms with Crippen molar-refractivity contribution >= 4 is 11.9 Å². The number of nitrogens with zero attached hydrogens (tertiary/aromatic N) is 3. The van der Waals surface area contributed by atoms with E-state index in [1.165, 1.54) is 0 Å². The number of methoxy groups -OCH3 is 1. The topological polar surface area (TPSA) is 93.5 Å². The molecular weight excluding hydrogens is 498 g/mol. The van der Waals surface area contributed by atoms with Gasteiger partial charge in [0.05, 0.1) is 19.6 Å². The van der Waals surface area contributed by atoms with E-state index in [4.69, 9.17) is 14.2 Å². The summed E-state index contributed by atoms with van der Waals surface area (Å²) < 4.78 is 18.8. The van der Waals surface area contributed by atoms with Crippen LogP contribution in [0.15, 0.2) is 30.5 Å². The number of aliphatic carboxylic acids is 1. The number of ether oxygens (including phenoxy) is 3. The Kier molecular flexibility index (Phi) is 9.78. The van der Waals surface area contributed by atoms with Crippen LogP contribution in [0, 0.1) is 5.92 Å². The van der Waals surface area contributed by atoms with Crippen LogP contribution in [0.3, 0.4) is 0 Å². The highest BCUT2D eigenvalue weighted by molar-refractivity contribution is 5.79. The molecule has 9 nitrogen and oxygen atoms in total. The van der Waals surface area contributed by atoms with Crippen LogP contribution >= 0.6 is 0 Å². The fraction of sp³-hybridized carbons (Fsp3) is 0.600. The minimum atomic E-state index is -0.850. The minimum Gasteiger partial charge on any atom is -0.493 e. The number of aromatic nitrogens is 1. The number of carbonyl (C=O) groups is 2. The summed E-state index contributed by atoms with van der Waals surface area (Å²) in [6.07, 6.45) is 7.34. The maximum absolute atomic E-state index is 13.6. The van der Waals surface area contributed by atoms with E-state index in [1.54, 1.807) is 7.11 Å². The molecule has 1 aromatic carbocycles. The van der Waals surface area contributed by atoms with Gasteiger partial charge in [-0.15, -0.1) is 0 Å². The average Bonchev–Trinajstić information content (AvgIpc) is 3.65. The van der Waals surface area contributed by atoms with Crippen molar-refractivity contribution in [2.45, 2.75) is 64.3 Å². The lowest BCUT2D eigenvalue weighted by Gasteiger charge is -2.30. The molecule has 0 aliphatic carbocycles. The molecule has 1 fully saturated rings. The fourth-order valence-electron chi connectivity index (χ4n) is 5.94. The normalized spacial score (nSPS) is 20.4. The third-order valence-electron chi connectivity index (χ3n) is 8.14. The molecule has 2 aliphatic heterocycles. The van der Waals surface area contributed by atoms with Gasteiger partial charge in [-0.1, -0.05) is 26.7 Å². The van der Waals surface area contributed by atoms with Gasteiger partial charge in [-0.05, 0) is 55.5 Å². The third kappa shape index (κ3) is 6.52. The van der Waals surface area contributed by atoms with E-state index >= 15 is 0 Å². The second-order valence-corrected chi connectivity index (χ2v) is 10.7. The molecule has 1 N–H and O–H groups in total. The first kappa shape index (κ1) is 28.8. The van der Waals surface area contributed by atoms with Crippen molar-refractivity contribution in [2.24, 2.45) is 13.0 Å². The van der Waals surface area contributed by atoms with Crippen LogP contribution in [-0.2, 0) is 23.1 Å². The molecule has 39 heavy (non-hydrogen) atoms. The summed E-state index contributed by atoms with van der Waals surface area (Å²) in [4.78, 5) is 30.5. The summed E-state index contributed by atoms with van der Waals surface area (Å²) in [7, 11) is 3.57. The van der Waals surface area contributed by atoms with E-state index in [9.17, 15) is 14.7 Å². The lowest BCUT2D eigenvalue weighted by Crippen LogP contribution is -2.44. The Morgan fingerprint density at radius 2 is 1.90 bits per heavy atom. The monoisotopic (exact) mass is 541 g/mol. The van der Waals surface area contributed by atoms with Crippen LogP contribution in [0.4, 0.5) is 0 Å². The number of carboxylic acid groups (broad SMARTS) is 1. The Morgan fingerprint density at radius 1 is 1.15 bits per heavy atom. The van der Waals surface area contributed by atoms with Gasteiger partial charge in [-0.3, -0.25) is 14.5 Å². The quantitative estimate of drug-likeness (QED) is 0.381. The Morgan fingerprint density at radius 3 is 2.51 bits per heavy atom. The molecule has 0 radical (unpaired) electrons. The van der Waals surface area contributed by atoms with Gasteiger partial charge in [0.15, 0.2) is 11.5 Å². The summed E-state index contributed by atoms with van der Waals surface area (Å²) in [6.45, 7) is 6.53. The van der Waals surface area contributed by atoms with Crippen LogP contribution in [0.1, 0.15) is 63.1 Å². The molecule has 0 spiro atoms. The number of fused-ring (bicyclic) bond motifs is 1. The van der Waals surface area contributed by atoms with Gasteiger partial charge in [-0.25, -0.2) is 0 Å². The predicted molar refractivity (Wildman–Crippen MR) is 148 cm³/mol. The summed E-state index contributed by atoms with van der Waals surface area (Å²) in [5.74, 6) is -0.134. The number of carboxylic acids is 1. The molecule has 1 saturated heterocycles. The smallest absolute Gasteiger partial charge is 0.308 e. The molecule has 214 valence electrons. The minimum absolute atomic E-state index is 0.0776. The van der Waals surface area contributed by atoms with Crippen LogP contribution in [0.5, 0.6) is 17.2 Å². The standard InChI is InChI=1S/C30H43N3O6/c1-5-7-14-32(15-8-6-2)27(34)19-33-18-23(21-16-25(37-4)29-26(17-21)38-20-39-29)28(30(35)36)24(33)12-11-22-10-9-13-31(22)3/h9-10,13,16-17,23-24,28H,5-8,11-12,14-15,18-20H2,1-4H3,(H,35,36)/t23-,24+,28-/m1/s1. The number of benzene rings is 1. The molecule has 2 aliphatic rings. The van der Waals surface area contributed by atoms with Crippen molar-refractivity contribution in [3.05, 3.63) is 41.7 Å². The van der Waals surface area contributed by atoms with Crippen molar-refractivity contribution in [3.8, 4) is 17.2 Å². The summed E-state index contributed by atoms with van der Waals surface area (Å²) in [5.41, 5.74) is 1.97. The number of aryl methyl sites for hydroxylation is 2. The molecular formula is C30H43N3O6. The first-order chi connectivity index (χ1) is 18.9. The summed E-state index contributed by atoms with van der Waals surface area (Å²) in [6, 6.07) is 7.52. The fourth-order valence-corrected chi connectivity index (χ4v) is 5.94. The number of amides is 1. The number of unbranched alkanes of at least 4 members (excludes halogenated alkanes) is 2. The first-order valence-electron chi connectivity index (χ1n) is 14.2. The Hall–Kier alpha value is -3.20. The molecule has 1 aromatic heterocycles. The predicted octanol–water partition coefficient (Wildman–Crippen LogP) is 4.29. The second kappa shape index (κ2) is 13.2. The maximum atomic E-state index is 13.6. The van der Waals surface area contributed by atoms with E-state index in [0.717, 1.165) is 56.5 Å². The largest absolute Gasteiger partial charge is 0.493 e. The lowest BCUT2D eigenvalue weighted by molar-refractivity contribution is -0.143. The number of rotatable bonds is 14. The van der Waals surface area contributed by atoms with Crippen LogP contribution in [-0.4, -0.2) is 77.5 Å². The zero-order valence-electron chi connectivity index (χ0n) is 23.7. The summed E-state index contributed by atoms with van der Waals surface area (Å²) in [5, 5.41) is 10.5. The van der Waals surface area contributed by atoms with Crippen LogP contribution in [0.25, 0.3) is 0 Å². The Bertz CT molecular complexity index is 1120. The second-order valence-electron chi connectivity index (χ2n) is 10.7. The highest BCUT2D eigenvalue weighted by Gasteiger charge is 2.47.